The number of pyridine rings is 1. The number of hydrogen-bond donors (Lipinski definition) is 2. The van der Waals surface area contributed by atoms with Crippen molar-refractivity contribution in [3.63, 3.8) is 0 Å². The van der Waals surface area contributed by atoms with E-state index in [9.17, 15) is 0 Å². The van der Waals surface area contributed by atoms with Crippen LogP contribution in [-0.4, -0.2) is 22.2 Å². The van der Waals surface area contributed by atoms with Gasteiger partial charge in [0.1, 0.15) is 0 Å². The number of rotatable bonds is 2. The second-order valence-electron chi connectivity index (χ2n) is 2.78. The van der Waals surface area contributed by atoms with Gasteiger partial charge in [0.2, 0.25) is 0 Å². The van der Waals surface area contributed by atoms with Crippen molar-refractivity contribution in [3.8, 4) is 0 Å². The van der Waals surface area contributed by atoms with Crippen LogP contribution in [0.2, 0.25) is 0 Å². The van der Waals surface area contributed by atoms with Crippen LogP contribution in [0.5, 0.6) is 0 Å². The van der Waals surface area contributed by atoms with Crippen LogP contribution in [0.1, 0.15) is 18.2 Å². The molecule has 1 aromatic rings. The van der Waals surface area contributed by atoms with Gasteiger partial charge in [0.25, 0.3) is 0 Å². The highest BCUT2D eigenvalue weighted by molar-refractivity contribution is 6.59. The van der Waals surface area contributed by atoms with E-state index in [1.807, 2.05) is 13.8 Å². The molecule has 1 rings (SSSR count). The Hall–Kier alpha value is -0.865. The zero-order chi connectivity index (χ0) is 9.14. The average molecular weight is 165 g/mol. The largest absolute Gasteiger partial charge is 0.490 e. The molecule has 0 bridgehead atoms. The zero-order valence-corrected chi connectivity index (χ0v) is 7.28. The summed E-state index contributed by atoms with van der Waals surface area (Å²) in [5.74, 6) is 0. The number of aromatic nitrogens is 1. The summed E-state index contributed by atoms with van der Waals surface area (Å²) < 4.78 is 0. The van der Waals surface area contributed by atoms with E-state index < -0.39 is 7.12 Å². The zero-order valence-electron chi connectivity index (χ0n) is 7.28. The highest BCUT2D eigenvalue weighted by Gasteiger charge is 2.15. The standard InChI is InChI=1S/C8H12BNO2/c1-3-8-7(9(11)12)4-6(2)5-10-8/h4-5,11-12H,3H2,1-2H3. The van der Waals surface area contributed by atoms with Gasteiger partial charge in [-0.3, -0.25) is 4.98 Å². The first-order chi connectivity index (χ1) is 5.65. The molecular formula is C8H12BNO2. The fourth-order valence-electron chi connectivity index (χ4n) is 1.14. The molecule has 0 amide bonds. The summed E-state index contributed by atoms with van der Waals surface area (Å²) in [5.41, 5.74) is 2.20. The Morgan fingerprint density at radius 1 is 1.50 bits per heavy atom. The minimum absolute atomic E-state index is 0.512. The van der Waals surface area contributed by atoms with Crippen molar-refractivity contribution in [1.29, 1.82) is 0 Å². The van der Waals surface area contributed by atoms with Gasteiger partial charge in [-0.05, 0) is 18.9 Å². The molecule has 0 atom stereocenters. The molecular weight excluding hydrogens is 153 g/mol. The van der Waals surface area contributed by atoms with E-state index in [1.165, 1.54) is 0 Å². The van der Waals surface area contributed by atoms with Crippen LogP contribution >= 0.6 is 0 Å². The van der Waals surface area contributed by atoms with Crippen LogP contribution in [0.4, 0.5) is 0 Å². The Morgan fingerprint density at radius 2 is 2.17 bits per heavy atom. The van der Waals surface area contributed by atoms with E-state index in [4.69, 9.17) is 10.0 Å². The van der Waals surface area contributed by atoms with Gasteiger partial charge in [0.05, 0.1) is 0 Å². The molecule has 4 heteroatoms. The first-order valence-electron chi connectivity index (χ1n) is 3.96. The molecule has 64 valence electrons. The fourth-order valence-corrected chi connectivity index (χ4v) is 1.14. The average Bonchev–Trinajstić information content (AvgIpc) is 2.04. The molecule has 0 radical (unpaired) electrons. The number of nitrogens with zero attached hydrogens (tertiary/aromatic N) is 1. The fraction of sp³-hybridized carbons (Fsp3) is 0.375. The monoisotopic (exact) mass is 165 g/mol. The van der Waals surface area contributed by atoms with Crippen molar-refractivity contribution in [2.45, 2.75) is 20.3 Å². The third kappa shape index (κ3) is 1.84. The second-order valence-corrected chi connectivity index (χ2v) is 2.78. The lowest BCUT2D eigenvalue weighted by Gasteiger charge is -2.05. The molecule has 1 heterocycles. The van der Waals surface area contributed by atoms with Gasteiger partial charge >= 0.3 is 7.12 Å². The van der Waals surface area contributed by atoms with Gasteiger partial charge in [-0.15, -0.1) is 0 Å². The lowest BCUT2D eigenvalue weighted by Crippen LogP contribution is -2.34. The van der Waals surface area contributed by atoms with E-state index in [0.717, 1.165) is 11.3 Å². The predicted octanol–water partition coefficient (Wildman–Crippen LogP) is -0.368. The van der Waals surface area contributed by atoms with Crippen molar-refractivity contribution in [2.75, 3.05) is 0 Å². The van der Waals surface area contributed by atoms with Crippen molar-refractivity contribution in [3.05, 3.63) is 23.5 Å². The maximum atomic E-state index is 8.98. The highest BCUT2D eigenvalue weighted by atomic mass is 16.4. The van der Waals surface area contributed by atoms with Gasteiger partial charge in [-0.2, -0.15) is 0 Å². The Balaban J connectivity index is 3.12. The molecule has 3 nitrogen and oxygen atoms in total. The molecule has 2 N–H and O–H groups in total. The third-order valence-electron chi connectivity index (χ3n) is 1.75. The van der Waals surface area contributed by atoms with E-state index >= 15 is 0 Å². The molecule has 1 aromatic heterocycles. The summed E-state index contributed by atoms with van der Waals surface area (Å²) in [6.45, 7) is 3.81. The van der Waals surface area contributed by atoms with Crippen LogP contribution in [0, 0.1) is 6.92 Å². The predicted molar refractivity (Wildman–Crippen MR) is 48.2 cm³/mol. The minimum atomic E-state index is -1.41. The van der Waals surface area contributed by atoms with E-state index in [2.05, 4.69) is 4.98 Å². The molecule has 0 aliphatic rings. The highest BCUT2D eigenvalue weighted by Crippen LogP contribution is 1.97. The van der Waals surface area contributed by atoms with E-state index in [-0.39, 0.29) is 0 Å². The van der Waals surface area contributed by atoms with Gasteiger partial charge in [0, 0.05) is 17.4 Å². The summed E-state index contributed by atoms with van der Waals surface area (Å²) in [6, 6.07) is 1.75. The minimum Gasteiger partial charge on any atom is -0.423 e. The Kier molecular flexibility index (Phi) is 2.84. The summed E-state index contributed by atoms with van der Waals surface area (Å²) in [7, 11) is -1.41. The van der Waals surface area contributed by atoms with Crippen LogP contribution in [0.25, 0.3) is 0 Å². The van der Waals surface area contributed by atoms with Crippen molar-refractivity contribution >= 4 is 12.6 Å². The van der Waals surface area contributed by atoms with Crippen molar-refractivity contribution < 1.29 is 10.0 Å². The maximum Gasteiger partial charge on any atom is 0.490 e. The molecule has 0 saturated heterocycles. The molecule has 0 fully saturated rings. The normalized spacial score (nSPS) is 10.0. The van der Waals surface area contributed by atoms with Gasteiger partial charge in [0.15, 0.2) is 0 Å². The number of aryl methyl sites for hydroxylation is 2. The van der Waals surface area contributed by atoms with E-state index in [1.54, 1.807) is 12.3 Å². The van der Waals surface area contributed by atoms with Crippen LogP contribution in [-0.2, 0) is 6.42 Å². The molecule has 0 aliphatic heterocycles. The Bertz CT molecular complexity index is 276. The quantitative estimate of drug-likeness (QED) is 0.588. The topological polar surface area (TPSA) is 53.4 Å². The van der Waals surface area contributed by atoms with Crippen LogP contribution < -0.4 is 5.46 Å². The van der Waals surface area contributed by atoms with Gasteiger partial charge < -0.3 is 10.0 Å². The summed E-state index contributed by atoms with van der Waals surface area (Å²) in [5, 5.41) is 18.0. The van der Waals surface area contributed by atoms with Crippen molar-refractivity contribution in [2.24, 2.45) is 0 Å². The summed E-state index contributed by atoms with van der Waals surface area (Å²) in [4.78, 5) is 4.10. The lowest BCUT2D eigenvalue weighted by atomic mass is 9.78. The maximum absolute atomic E-state index is 8.98. The van der Waals surface area contributed by atoms with Gasteiger partial charge in [-0.1, -0.05) is 13.0 Å². The second kappa shape index (κ2) is 3.69. The smallest absolute Gasteiger partial charge is 0.423 e. The van der Waals surface area contributed by atoms with Gasteiger partial charge in [-0.25, -0.2) is 0 Å². The molecule has 0 unspecified atom stereocenters. The molecule has 0 spiro atoms. The first-order valence-corrected chi connectivity index (χ1v) is 3.96. The first kappa shape index (κ1) is 9.22. The van der Waals surface area contributed by atoms with Crippen LogP contribution in [0.15, 0.2) is 12.3 Å². The molecule has 0 saturated carbocycles. The van der Waals surface area contributed by atoms with E-state index in [0.29, 0.717) is 11.9 Å². The Morgan fingerprint density at radius 3 is 2.67 bits per heavy atom. The van der Waals surface area contributed by atoms with Crippen molar-refractivity contribution in [1.82, 2.24) is 4.98 Å². The SMILES string of the molecule is CCc1ncc(C)cc1B(O)O. The molecule has 0 aliphatic carbocycles. The summed E-state index contributed by atoms with van der Waals surface area (Å²) in [6.07, 6.45) is 2.44. The van der Waals surface area contributed by atoms with Crippen LogP contribution in [0.3, 0.4) is 0 Å². The summed E-state index contributed by atoms with van der Waals surface area (Å²) >= 11 is 0. The molecule has 0 aromatic carbocycles. The lowest BCUT2D eigenvalue weighted by molar-refractivity contribution is 0.425. The third-order valence-corrected chi connectivity index (χ3v) is 1.75. The number of hydrogen-bond acceptors (Lipinski definition) is 3. The molecule has 12 heavy (non-hydrogen) atoms. The Labute approximate surface area is 72.2 Å².